The van der Waals surface area contributed by atoms with Crippen molar-refractivity contribution in [2.75, 3.05) is 19.6 Å². The summed E-state index contributed by atoms with van der Waals surface area (Å²) in [4.78, 5) is 38.1. The molecule has 3 rings (SSSR count). The maximum absolute atomic E-state index is 12.5. The molecule has 3 N–H and O–H groups in total. The van der Waals surface area contributed by atoms with E-state index in [4.69, 9.17) is 5.73 Å². The van der Waals surface area contributed by atoms with Crippen LogP contribution in [0, 0.1) is 23.7 Å². The molecular formula is C18H28ClN3O3. The number of carbonyl (C=O) groups excluding carboxylic acids is 3. The second kappa shape index (κ2) is 8.81. The predicted octanol–water partition coefficient (Wildman–Crippen LogP) is 1.24. The number of hydrogen-bond donors (Lipinski definition) is 2. The molecule has 6 nitrogen and oxygen atoms in total. The maximum Gasteiger partial charge on any atom is 0.233 e. The van der Waals surface area contributed by atoms with Gasteiger partial charge in [0.25, 0.3) is 0 Å². The van der Waals surface area contributed by atoms with Gasteiger partial charge in [-0.25, -0.2) is 0 Å². The van der Waals surface area contributed by atoms with Gasteiger partial charge in [0.05, 0.1) is 11.8 Å². The maximum atomic E-state index is 12.5. The predicted molar refractivity (Wildman–Crippen MR) is 96.8 cm³/mol. The van der Waals surface area contributed by atoms with Gasteiger partial charge in [-0.2, -0.15) is 0 Å². The molecule has 1 saturated heterocycles. The van der Waals surface area contributed by atoms with Gasteiger partial charge in [-0.15, -0.1) is 12.4 Å². The zero-order valence-corrected chi connectivity index (χ0v) is 15.3. The van der Waals surface area contributed by atoms with Gasteiger partial charge in [0.15, 0.2) is 0 Å². The second-order valence-electron chi connectivity index (χ2n) is 7.13. The van der Waals surface area contributed by atoms with Gasteiger partial charge in [0.1, 0.15) is 0 Å². The Morgan fingerprint density at radius 3 is 2.28 bits per heavy atom. The van der Waals surface area contributed by atoms with Crippen molar-refractivity contribution in [1.82, 2.24) is 10.2 Å². The number of unbranched alkanes of at least 4 members (excludes halogenated alkanes) is 3. The van der Waals surface area contributed by atoms with Crippen LogP contribution in [0.2, 0.25) is 0 Å². The van der Waals surface area contributed by atoms with Crippen molar-refractivity contribution in [3.63, 3.8) is 0 Å². The van der Waals surface area contributed by atoms with Crippen LogP contribution in [-0.2, 0) is 14.4 Å². The molecular weight excluding hydrogens is 342 g/mol. The molecule has 0 aromatic rings. The number of nitrogens with zero attached hydrogens (tertiary/aromatic N) is 1. The first-order valence-electron chi connectivity index (χ1n) is 9.14. The molecule has 1 saturated carbocycles. The monoisotopic (exact) mass is 369 g/mol. The number of carbonyl (C=O) groups is 3. The molecule has 4 unspecified atom stereocenters. The quantitative estimate of drug-likeness (QED) is 0.363. The minimum absolute atomic E-state index is 0. The summed E-state index contributed by atoms with van der Waals surface area (Å²) in [7, 11) is 0. The van der Waals surface area contributed by atoms with Crippen LogP contribution in [0.5, 0.6) is 0 Å². The Balaban J connectivity index is 0.00000225. The minimum Gasteiger partial charge on any atom is -0.354 e. The Morgan fingerprint density at radius 1 is 1.08 bits per heavy atom. The molecule has 0 radical (unpaired) electrons. The topological polar surface area (TPSA) is 92.5 Å². The molecule has 1 aliphatic heterocycles. The van der Waals surface area contributed by atoms with E-state index in [1.54, 1.807) is 0 Å². The average molecular weight is 370 g/mol. The fourth-order valence-electron chi connectivity index (χ4n) is 4.36. The van der Waals surface area contributed by atoms with E-state index >= 15 is 0 Å². The number of nitrogens with two attached hydrogens (primary N) is 1. The van der Waals surface area contributed by atoms with Gasteiger partial charge in [0.2, 0.25) is 17.7 Å². The van der Waals surface area contributed by atoms with Crippen LogP contribution < -0.4 is 11.1 Å². The van der Waals surface area contributed by atoms with Crippen LogP contribution >= 0.6 is 12.4 Å². The zero-order chi connectivity index (χ0) is 17.1. The van der Waals surface area contributed by atoms with Crippen LogP contribution in [0.1, 0.15) is 38.5 Å². The fourth-order valence-corrected chi connectivity index (χ4v) is 4.36. The summed E-state index contributed by atoms with van der Waals surface area (Å²) in [5.41, 5.74) is 5.43. The highest BCUT2D eigenvalue weighted by Gasteiger charge is 2.58. The molecule has 3 aliphatic rings. The van der Waals surface area contributed by atoms with Crippen molar-refractivity contribution in [2.45, 2.75) is 38.5 Å². The smallest absolute Gasteiger partial charge is 0.233 e. The van der Waals surface area contributed by atoms with Gasteiger partial charge < -0.3 is 11.1 Å². The van der Waals surface area contributed by atoms with Crippen molar-refractivity contribution in [2.24, 2.45) is 29.4 Å². The molecule has 1 heterocycles. The first-order chi connectivity index (χ1) is 11.6. The Morgan fingerprint density at radius 2 is 1.68 bits per heavy atom. The highest BCUT2D eigenvalue weighted by Crippen LogP contribution is 2.52. The highest BCUT2D eigenvalue weighted by atomic mass is 35.5. The van der Waals surface area contributed by atoms with Crippen LogP contribution in [0.3, 0.4) is 0 Å². The number of allylic oxidation sites excluding steroid dienone is 2. The number of imide groups is 1. The number of amides is 3. The molecule has 2 aliphatic carbocycles. The number of nitrogens with one attached hydrogen (secondary N) is 1. The Labute approximate surface area is 155 Å². The van der Waals surface area contributed by atoms with Crippen molar-refractivity contribution in [1.29, 1.82) is 0 Å². The van der Waals surface area contributed by atoms with Gasteiger partial charge in [0, 0.05) is 19.5 Å². The summed E-state index contributed by atoms with van der Waals surface area (Å²) in [5.74, 6) is 0.0881. The van der Waals surface area contributed by atoms with Gasteiger partial charge in [-0.1, -0.05) is 25.0 Å². The lowest BCUT2D eigenvalue weighted by Gasteiger charge is -2.17. The van der Waals surface area contributed by atoms with Gasteiger partial charge in [-0.05, 0) is 37.6 Å². The normalized spacial score (nSPS) is 29.1. The molecule has 140 valence electrons. The number of halogens is 1. The number of rotatable bonds is 9. The molecule has 4 atom stereocenters. The lowest BCUT2D eigenvalue weighted by Crippen LogP contribution is -2.39. The third kappa shape index (κ3) is 4.06. The van der Waals surface area contributed by atoms with Crippen LogP contribution in [0.25, 0.3) is 0 Å². The third-order valence-corrected chi connectivity index (χ3v) is 5.58. The van der Waals surface area contributed by atoms with Crippen LogP contribution in [0.4, 0.5) is 0 Å². The average Bonchev–Trinajstić information content (AvgIpc) is 3.24. The number of fused-ring (bicyclic) bond motifs is 5. The second-order valence-corrected chi connectivity index (χ2v) is 7.13. The molecule has 0 aromatic carbocycles. The summed E-state index contributed by atoms with van der Waals surface area (Å²) in [6.45, 7) is 1.34. The van der Waals surface area contributed by atoms with Crippen molar-refractivity contribution in [3.8, 4) is 0 Å². The highest BCUT2D eigenvalue weighted by molar-refractivity contribution is 6.06. The Bertz CT molecular complexity index is 522. The first-order valence-corrected chi connectivity index (χ1v) is 9.14. The molecule has 25 heavy (non-hydrogen) atoms. The van der Waals surface area contributed by atoms with E-state index in [1.807, 2.05) is 0 Å². The van der Waals surface area contributed by atoms with Crippen LogP contribution in [-0.4, -0.2) is 42.3 Å². The number of hydrogen-bond acceptors (Lipinski definition) is 4. The van der Waals surface area contributed by atoms with E-state index in [-0.39, 0.29) is 53.8 Å². The molecule has 3 amide bonds. The molecule has 0 spiro atoms. The van der Waals surface area contributed by atoms with Gasteiger partial charge in [-0.3, -0.25) is 19.3 Å². The zero-order valence-electron chi connectivity index (χ0n) is 14.5. The fraction of sp³-hybridized carbons (Fsp3) is 0.722. The summed E-state index contributed by atoms with van der Waals surface area (Å²) >= 11 is 0. The van der Waals surface area contributed by atoms with E-state index in [9.17, 15) is 14.4 Å². The van der Waals surface area contributed by atoms with E-state index in [2.05, 4.69) is 17.5 Å². The minimum atomic E-state index is -0.147. The van der Waals surface area contributed by atoms with Crippen molar-refractivity contribution >= 4 is 30.1 Å². The molecule has 2 fully saturated rings. The standard InChI is InChI=1S/C18H27N3O3.ClH/c19-8-4-2-1-3-5-14(22)20-9-10-21-17(23)15-12-6-7-13(11-12)16(15)18(21)24;/h6-7,12-13,15-16H,1-5,8-11,19H2,(H,20,22);1H. The van der Waals surface area contributed by atoms with E-state index < -0.39 is 0 Å². The lowest BCUT2D eigenvalue weighted by molar-refractivity contribution is -0.141. The van der Waals surface area contributed by atoms with E-state index in [1.165, 1.54) is 4.90 Å². The Hall–Kier alpha value is -1.40. The SMILES string of the molecule is Cl.NCCCCCCC(=O)NCCN1C(=O)C2C3C=CC(C3)C2C1=O. The van der Waals surface area contributed by atoms with Gasteiger partial charge >= 0.3 is 0 Å². The summed E-state index contributed by atoms with van der Waals surface area (Å²) < 4.78 is 0. The van der Waals surface area contributed by atoms with Crippen molar-refractivity contribution in [3.05, 3.63) is 12.2 Å². The number of likely N-dealkylation sites (tertiary alicyclic amines) is 1. The van der Waals surface area contributed by atoms with E-state index in [0.29, 0.717) is 26.1 Å². The summed E-state index contributed by atoms with van der Waals surface area (Å²) in [6.07, 6.45) is 9.53. The molecule has 7 heteroatoms. The third-order valence-electron chi connectivity index (χ3n) is 5.58. The summed E-state index contributed by atoms with van der Waals surface area (Å²) in [6, 6.07) is 0. The van der Waals surface area contributed by atoms with Crippen molar-refractivity contribution < 1.29 is 14.4 Å². The lowest BCUT2D eigenvalue weighted by atomic mass is 9.85. The summed E-state index contributed by atoms with van der Waals surface area (Å²) in [5, 5.41) is 2.82. The largest absolute Gasteiger partial charge is 0.354 e. The Kier molecular flexibility index (Phi) is 7.02. The molecule has 2 bridgehead atoms. The first kappa shape index (κ1) is 19.9. The molecule has 0 aromatic heterocycles. The van der Waals surface area contributed by atoms with E-state index in [0.717, 1.165) is 32.1 Å². The van der Waals surface area contributed by atoms with Crippen LogP contribution in [0.15, 0.2) is 12.2 Å².